The summed E-state index contributed by atoms with van der Waals surface area (Å²) in [6, 6.07) is 60.6. The van der Waals surface area contributed by atoms with Gasteiger partial charge >= 0.3 is 0 Å². The Morgan fingerprint density at radius 1 is 0.504 bits per heavy atom. The van der Waals surface area contributed by atoms with Gasteiger partial charge in [0, 0.05) is 57.7 Å². The minimum atomic E-state index is -0.914. The van der Waals surface area contributed by atoms with E-state index in [-0.39, 0.29) is 110 Å². The van der Waals surface area contributed by atoms with E-state index in [1.807, 2.05) is 0 Å². The molecule has 1 N–H and O–H groups in total. The SMILES string of the molecule is C=C1C[C@@H]2O[C@H]3[C@H](C[C@@]2(C)O[C@H]1CCO)O[C@@H]1C[C@@H]2O[C@@H]4CC[C@@H]5O[C@@H]6C[C@@H]7O[C@H](C[C@@H](C[C@@H]8C[C@@H](C)[C@@H]([C@@H](C)CCOCc9ccc%10ccccc%10c9)O8)OCc8ccc9ccccc9c8)[C@@H](OCc8ccc9ccccc9c8)CC[C@H]7O[C@@]6(C)C[C@@]5(C)O[C@H]4C/C=C\[C@@H](C)[C@H]2O[C@@]1(C)[C@@H]3OCc1ccc2ccccc2c1. The number of hydrogen-bond donors (Lipinski definition) is 1. The second-order valence-corrected chi connectivity index (χ2v) is 36.3. The number of hydrogen-bond acceptors (Lipinski definition) is 15. The summed E-state index contributed by atoms with van der Waals surface area (Å²) in [5.41, 5.74) is 2.53. The molecule has 0 bridgehead atoms. The van der Waals surface area contributed by atoms with Gasteiger partial charge in [0.25, 0.3) is 0 Å². The van der Waals surface area contributed by atoms with E-state index in [1.165, 1.54) is 48.7 Å². The van der Waals surface area contributed by atoms with Gasteiger partial charge in [0.2, 0.25) is 0 Å². The Balaban J connectivity index is 0.579. The maximum absolute atomic E-state index is 10.1. The normalized spacial score (nSPS) is 37.8. The van der Waals surface area contributed by atoms with Crippen LogP contribution < -0.4 is 0 Å². The molecule has 9 fully saturated rings. The van der Waals surface area contributed by atoms with Crippen molar-refractivity contribution in [3.8, 4) is 0 Å². The average molecular weight is 1540 g/mol. The number of fused-ring (bicyclic) bond motifs is 12. The predicted octanol–water partition coefficient (Wildman–Crippen LogP) is 18.7. The molecular formula is C98H118O15. The summed E-state index contributed by atoms with van der Waals surface area (Å²) in [5.74, 6) is 0.678. The van der Waals surface area contributed by atoms with Gasteiger partial charge in [-0.25, -0.2) is 0 Å². The van der Waals surface area contributed by atoms with Crippen molar-refractivity contribution in [2.45, 2.75) is 310 Å². The van der Waals surface area contributed by atoms with Crippen molar-refractivity contribution in [1.29, 1.82) is 0 Å². The second-order valence-electron chi connectivity index (χ2n) is 36.3. The number of benzene rings is 8. The summed E-state index contributed by atoms with van der Waals surface area (Å²) in [7, 11) is 0. The quantitative estimate of drug-likeness (QED) is 0.0537. The van der Waals surface area contributed by atoms with Crippen molar-refractivity contribution >= 4 is 43.1 Å². The van der Waals surface area contributed by atoms with Crippen LogP contribution in [0.4, 0.5) is 0 Å². The molecule has 15 nitrogen and oxygen atoms in total. The topological polar surface area (TPSA) is 149 Å². The Morgan fingerprint density at radius 3 is 1.75 bits per heavy atom. The number of rotatable bonds is 21. The molecule has 10 heterocycles. The lowest BCUT2D eigenvalue weighted by atomic mass is 9.72. The zero-order valence-electron chi connectivity index (χ0n) is 67.2. The minimum absolute atomic E-state index is 0.00375. The number of aliphatic hydroxyl groups is 1. The molecule has 10 aliphatic rings. The van der Waals surface area contributed by atoms with Gasteiger partial charge < -0.3 is 71.4 Å². The smallest absolute Gasteiger partial charge is 0.121 e. The van der Waals surface area contributed by atoms with E-state index >= 15 is 0 Å². The van der Waals surface area contributed by atoms with Crippen LogP contribution in [-0.2, 0) is 92.7 Å². The highest BCUT2D eigenvalue weighted by Gasteiger charge is 2.66. The van der Waals surface area contributed by atoms with Crippen LogP contribution in [0.3, 0.4) is 0 Å². The van der Waals surface area contributed by atoms with Gasteiger partial charge in [-0.05, 0) is 193 Å². The predicted molar refractivity (Wildman–Crippen MR) is 438 cm³/mol. The molecule has 0 aromatic heterocycles. The molecule has 0 saturated carbocycles. The van der Waals surface area contributed by atoms with Gasteiger partial charge in [0.1, 0.15) is 17.8 Å². The summed E-state index contributed by atoms with van der Waals surface area (Å²) in [5, 5.41) is 19.8. The highest BCUT2D eigenvalue weighted by molar-refractivity contribution is 5.85. The van der Waals surface area contributed by atoms with E-state index in [9.17, 15) is 5.11 Å². The maximum atomic E-state index is 10.1. The van der Waals surface area contributed by atoms with E-state index < -0.39 is 40.7 Å². The zero-order chi connectivity index (χ0) is 77.2. The van der Waals surface area contributed by atoms with Crippen molar-refractivity contribution < 1.29 is 71.4 Å². The van der Waals surface area contributed by atoms with E-state index in [4.69, 9.17) is 66.3 Å². The highest BCUT2D eigenvalue weighted by Crippen LogP contribution is 2.55. The van der Waals surface area contributed by atoms with Crippen LogP contribution in [-0.4, -0.2) is 157 Å². The average Bonchev–Trinajstić information content (AvgIpc) is 1.34. The summed E-state index contributed by atoms with van der Waals surface area (Å²) < 4.78 is 103. The monoisotopic (exact) mass is 1530 g/mol. The Bertz CT molecular complexity index is 4680. The molecule has 0 amide bonds. The first-order chi connectivity index (χ1) is 54.9. The fourth-order valence-electron chi connectivity index (χ4n) is 21.7. The van der Waals surface area contributed by atoms with Crippen molar-refractivity contribution in [2.75, 3.05) is 13.2 Å². The maximum Gasteiger partial charge on any atom is 0.121 e. The fourth-order valence-corrected chi connectivity index (χ4v) is 21.7. The lowest BCUT2D eigenvalue weighted by molar-refractivity contribution is -0.375. The zero-order valence-corrected chi connectivity index (χ0v) is 67.2. The van der Waals surface area contributed by atoms with Gasteiger partial charge in [-0.3, -0.25) is 0 Å². The lowest BCUT2D eigenvalue weighted by Crippen LogP contribution is -2.75. The molecule has 15 heteroatoms. The van der Waals surface area contributed by atoms with Gasteiger partial charge in [0.15, 0.2) is 0 Å². The van der Waals surface area contributed by atoms with Crippen molar-refractivity contribution in [2.24, 2.45) is 17.8 Å². The van der Waals surface area contributed by atoms with E-state index in [0.717, 1.165) is 67.2 Å². The van der Waals surface area contributed by atoms with Gasteiger partial charge in [-0.15, -0.1) is 0 Å². The molecule has 10 aliphatic heterocycles. The van der Waals surface area contributed by atoms with Crippen LogP contribution in [0.2, 0.25) is 0 Å². The number of ether oxygens (including phenoxy) is 14. The lowest BCUT2D eigenvalue weighted by Gasteiger charge is -2.62. The molecule has 0 radical (unpaired) electrons. The van der Waals surface area contributed by atoms with Gasteiger partial charge in [0.05, 0.1) is 147 Å². The number of aliphatic hydroxyl groups excluding tert-OH is 1. The first-order valence-corrected chi connectivity index (χ1v) is 42.8. The molecule has 113 heavy (non-hydrogen) atoms. The molecule has 8 aromatic rings. The molecule has 18 rings (SSSR count). The molecule has 0 aliphatic carbocycles. The van der Waals surface area contributed by atoms with Crippen LogP contribution >= 0.6 is 0 Å². The summed E-state index contributed by atoms with van der Waals surface area (Å²) in [4.78, 5) is 0. The van der Waals surface area contributed by atoms with Crippen LogP contribution in [0.1, 0.15) is 167 Å². The van der Waals surface area contributed by atoms with Crippen molar-refractivity contribution in [3.63, 3.8) is 0 Å². The van der Waals surface area contributed by atoms with E-state index in [1.54, 1.807) is 0 Å². The molecule has 8 aromatic carbocycles. The molecule has 0 spiro atoms. The summed E-state index contributed by atoms with van der Waals surface area (Å²) in [6.07, 6.45) is 10.1. The molecule has 9 saturated heterocycles. The minimum Gasteiger partial charge on any atom is -0.396 e. The Hall–Kier alpha value is -6.32. The largest absolute Gasteiger partial charge is 0.396 e. The standard InChI is InChI=1S/C98H118O15/c1-60-18-17-27-81-80(105-85-53-90-98(8,113-92(60)85)94(103-58-67-31-35-71-22-12-16-26-75(71)49-67)93-86(107-90)54-95(5)88(109-93)45-62(3)78(110-95)40-42-99)38-39-87-96(6,111-81)59-97(7)89(108-87)52-84-82(112-97)37-36-79(102-57-66-30-34-70-21-11-15-25-74(70)48-66)83(106-84)51-76(101-56-65-29-33-69-20-10-14-24-73(69)47-65)50-77-44-63(4)91(104-77)61(2)41-43-100-55-64-28-32-68-19-9-13-23-72(68)46-64/h9-26,28-35,46-49,60-61,63,76-94,99H,3,27,36-45,50-59H2,1-2,4-8H3/b18-17-/t60-,61+,63-,76-,77+,78+,79+,80-,81+,82-,83-,84+,85+,86+,87+,88+,89-,90-,91-,92-,93+,94-,95-,96-,97+,98-/m1/s1. The Morgan fingerprint density at radius 2 is 1.10 bits per heavy atom. The van der Waals surface area contributed by atoms with Gasteiger partial charge in [-0.1, -0.05) is 185 Å². The summed E-state index contributed by atoms with van der Waals surface area (Å²) >= 11 is 0. The van der Waals surface area contributed by atoms with Crippen molar-refractivity contribution in [3.05, 3.63) is 216 Å². The van der Waals surface area contributed by atoms with Crippen LogP contribution in [0.25, 0.3) is 43.1 Å². The van der Waals surface area contributed by atoms with E-state index in [2.05, 4.69) is 237 Å². The van der Waals surface area contributed by atoms with Crippen LogP contribution in [0.15, 0.2) is 194 Å². The Kier molecular flexibility index (Phi) is 22.7. The third-order valence-corrected chi connectivity index (χ3v) is 27.9. The first-order valence-electron chi connectivity index (χ1n) is 42.8. The second kappa shape index (κ2) is 32.9. The van der Waals surface area contributed by atoms with E-state index in [0.29, 0.717) is 96.2 Å². The summed E-state index contributed by atoms with van der Waals surface area (Å²) in [6.45, 7) is 22.8. The van der Waals surface area contributed by atoms with Crippen LogP contribution in [0.5, 0.6) is 0 Å². The highest BCUT2D eigenvalue weighted by atomic mass is 16.7. The molecule has 0 unspecified atom stereocenters. The molecular weight excluding hydrogens is 1420 g/mol. The molecule has 600 valence electrons. The first kappa shape index (κ1) is 77.9. The van der Waals surface area contributed by atoms with Gasteiger partial charge in [-0.2, -0.15) is 0 Å². The van der Waals surface area contributed by atoms with Crippen LogP contribution in [0, 0.1) is 17.8 Å². The molecule has 26 atom stereocenters. The third kappa shape index (κ3) is 16.3. The Labute approximate surface area is 667 Å². The third-order valence-electron chi connectivity index (χ3n) is 27.9. The van der Waals surface area contributed by atoms with Crippen molar-refractivity contribution in [1.82, 2.24) is 0 Å². The fraction of sp³-hybridized carbons (Fsp3) is 0.551.